The number of nitrogens with zero attached hydrogens (tertiary/aromatic N) is 2. The minimum absolute atomic E-state index is 0.0555. The Morgan fingerprint density at radius 2 is 1.72 bits per heavy atom. The summed E-state index contributed by atoms with van der Waals surface area (Å²) in [5.74, 6) is 0.181. The average Bonchev–Trinajstić information content (AvgIpc) is 2.90. The van der Waals surface area contributed by atoms with Crippen molar-refractivity contribution in [3.05, 3.63) is 35.9 Å². The van der Waals surface area contributed by atoms with Gasteiger partial charge in [0, 0.05) is 19.5 Å². The average molecular weight is 343 g/mol. The highest BCUT2D eigenvalue weighted by molar-refractivity contribution is 5.83. The lowest BCUT2D eigenvalue weighted by atomic mass is 10.1. The normalized spacial score (nSPS) is 22.5. The first kappa shape index (κ1) is 17.9. The van der Waals surface area contributed by atoms with Crippen LogP contribution in [0.5, 0.6) is 0 Å². The summed E-state index contributed by atoms with van der Waals surface area (Å²) in [4.78, 5) is 28.7. The summed E-state index contributed by atoms with van der Waals surface area (Å²) in [6.45, 7) is 3.72. The number of likely N-dealkylation sites (tertiary alicyclic amines) is 2. The second-order valence-corrected chi connectivity index (χ2v) is 7.27. The Morgan fingerprint density at radius 1 is 1.04 bits per heavy atom. The van der Waals surface area contributed by atoms with E-state index in [1.807, 2.05) is 35.2 Å². The van der Waals surface area contributed by atoms with Crippen LogP contribution >= 0.6 is 0 Å². The van der Waals surface area contributed by atoms with Gasteiger partial charge in [0.25, 0.3) is 0 Å². The lowest BCUT2D eigenvalue weighted by molar-refractivity contribution is -0.128. The van der Waals surface area contributed by atoms with E-state index >= 15 is 0 Å². The standard InChI is InChI=1S/C20H29N3O2/c24-19(16-22-11-7-2-1-3-8-12-22)21-18-13-20(25)23(15-18)14-17-9-5-4-6-10-17/h4-6,9-10,18H,1-3,7-8,11-16H2,(H,21,24)/t18-/m1/s1. The number of carbonyl (C=O) groups excluding carboxylic acids is 2. The first-order valence-electron chi connectivity index (χ1n) is 9.54. The van der Waals surface area contributed by atoms with Crippen LogP contribution in [0, 0.1) is 0 Å². The van der Waals surface area contributed by atoms with E-state index in [4.69, 9.17) is 0 Å². The van der Waals surface area contributed by atoms with Crippen molar-refractivity contribution in [3.63, 3.8) is 0 Å². The van der Waals surface area contributed by atoms with E-state index in [2.05, 4.69) is 10.2 Å². The Balaban J connectivity index is 1.45. The first-order valence-corrected chi connectivity index (χ1v) is 9.54. The van der Waals surface area contributed by atoms with E-state index in [9.17, 15) is 9.59 Å². The Kier molecular flexibility index (Phi) is 6.45. The molecule has 0 saturated carbocycles. The predicted molar refractivity (Wildman–Crippen MR) is 97.9 cm³/mol. The molecule has 1 aromatic carbocycles. The van der Waals surface area contributed by atoms with Crippen molar-refractivity contribution < 1.29 is 9.59 Å². The second-order valence-electron chi connectivity index (χ2n) is 7.27. The Bertz CT molecular complexity index is 568. The Morgan fingerprint density at radius 3 is 2.44 bits per heavy atom. The lowest BCUT2D eigenvalue weighted by Crippen LogP contribution is -2.43. The molecule has 5 nitrogen and oxygen atoms in total. The highest BCUT2D eigenvalue weighted by Gasteiger charge is 2.30. The van der Waals surface area contributed by atoms with Gasteiger partial charge in [0.2, 0.25) is 11.8 Å². The van der Waals surface area contributed by atoms with Crippen LogP contribution in [0.2, 0.25) is 0 Å². The van der Waals surface area contributed by atoms with Gasteiger partial charge in [-0.1, -0.05) is 49.6 Å². The van der Waals surface area contributed by atoms with E-state index in [0.717, 1.165) is 18.7 Å². The highest BCUT2D eigenvalue weighted by atomic mass is 16.2. The Hall–Kier alpha value is -1.88. The third kappa shape index (κ3) is 5.56. The molecule has 136 valence electrons. The van der Waals surface area contributed by atoms with Crippen molar-refractivity contribution in [2.24, 2.45) is 0 Å². The van der Waals surface area contributed by atoms with Gasteiger partial charge in [-0.25, -0.2) is 0 Å². The number of hydrogen-bond acceptors (Lipinski definition) is 3. The lowest BCUT2D eigenvalue weighted by Gasteiger charge is -2.24. The van der Waals surface area contributed by atoms with Gasteiger partial charge < -0.3 is 10.2 Å². The molecule has 3 rings (SSSR count). The molecule has 0 aliphatic carbocycles. The van der Waals surface area contributed by atoms with E-state index in [1.165, 1.54) is 32.1 Å². The molecule has 2 amide bonds. The van der Waals surface area contributed by atoms with Gasteiger partial charge in [0.05, 0.1) is 12.6 Å². The molecular weight excluding hydrogens is 314 g/mol. The molecule has 0 unspecified atom stereocenters. The summed E-state index contributed by atoms with van der Waals surface area (Å²) in [6.07, 6.45) is 6.63. The fraction of sp³-hybridized carbons (Fsp3) is 0.600. The summed E-state index contributed by atoms with van der Waals surface area (Å²) in [6, 6.07) is 9.95. The number of rotatable bonds is 5. The van der Waals surface area contributed by atoms with Crippen molar-refractivity contribution in [3.8, 4) is 0 Å². The fourth-order valence-corrected chi connectivity index (χ4v) is 3.77. The van der Waals surface area contributed by atoms with E-state index in [-0.39, 0.29) is 17.9 Å². The highest BCUT2D eigenvalue weighted by Crippen LogP contribution is 2.15. The molecule has 1 aromatic rings. The zero-order chi connectivity index (χ0) is 17.5. The fourth-order valence-electron chi connectivity index (χ4n) is 3.77. The summed E-state index contributed by atoms with van der Waals surface area (Å²) in [5, 5.41) is 3.07. The molecular formula is C20H29N3O2. The molecule has 1 N–H and O–H groups in total. The number of nitrogens with one attached hydrogen (secondary N) is 1. The van der Waals surface area contributed by atoms with Crippen LogP contribution in [0.25, 0.3) is 0 Å². The topological polar surface area (TPSA) is 52.7 Å². The van der Waals surface area contributed by atoms with Crippen molar-refractivity contribution in [2.75, 3.05) is 26.2 Å². The molecule has 5 heteroatoms. The molecule has 0 bridgehead atoms. The second kappa shape index (κ2) is 8.99. The molecule has 1 atom stereocenters. The van der Waals surface area contributed by atoms with Crippen LogP contribution in [0.4, 0.5) is 0 Å². The van der Waals surface area contributed by atoms with Gasteiger partial charge in [-0.2, -0.15) is 0 Å². The van der Waals surface area contributed by atoms with Gasteiger partial charge >= 0.3 is 0 Å². The SMILES string of the molecule is O=C(CN1CCCCCCC1)N[C@@H]1CC(=O)N(Cc2ccccc2)C1. The third-order valence-corrected chi connectivity index (χ3v) is 5.11. The van der Waals surface area contributed by atoms with E-state index in [1.54, 1.807) is 0 Å². The van der Waals surface area contributed by atoms with Crippen LogP contribution in [-0.2, 0) is 16.1 Å². The van der Waals surface area contributed by atoms with Crippen LogP contribution in [-0.4, -0.2) is 53.8 Å². The van der Waals surface area contributed by atoms with Crippen molar-refractivity contribution in [2.45, 2.75) is 51.1 Å². The van der Waals surface area contributed by atoms with E-state index in [0.29, 0.717) is 26.1 Å². The molecule has 2 aliphatic heterocycles. The van der Waals surface area contributed by atoms with Gasteiger partial charge in [0.1, 0.15) is 0 Å². The Labute approximate surface area is 150 Å². The molecule has 25 heavy (non-hydrogen) atoms. The zero-order valence-corrected chi connectivity index (χ0v) is 15.0. The molecule has 2 aliphatic rings. The van der Waals surface area contributed by atoms with E-state index < -0.39 is 0 Å². The maximum Gasteiger partial charge on any atom is 0.234 e. The molecule has 0 radical (unpaired) electrons. The summed E-state index contributed by atoms with van der Waals surface area (Å²) < 4.78 is 0. The summed E-state index contributed by atoms with van der Waals surface area (Å²) >= 11 is 0. The van der Waals surface area contributed by atoms with Crippen LogP contribution in [0.3, 0.4) is 0 Å². The zero-order valence-electron chi connectivity index (χ0n) is 15.0. The minimum Gasteiger partial charge on any atom is -0.350 e. The number of hydrogen-bond donors (Lipinski definition) is 1. The summed E-state index contributed by atoms with van der Waals surface area (Å²) in [7, 11) is 0. The predicted octanol–water partition coefficient (Wildman–Crippen LogP) is 2.17. The molecule has 0 spiro atoms. The number of carbonyl (C=O) groups is 2. The van der Waals surface area contributed by atoms with Crippen LogP contribution in [0.1, 0.15) is 44.1 Å². The van der Waals surface area contributed by atoms with Gasteiger partial charge in [-0.3, -0.25) is 14.5 Å². The largest absolute Gasteiger partial charge is 0.350 e. The first-order chi connectivity index (χ1) is 12.2. The molecule has 2 heterocycles. The van der Waals surface area contributed by atoms with Gasteiger partial charge in [0.15, 0.2) is 0 Å². The van der Waals surface area contributed by atoms with Crippen LogP contribution < -0.4 is 5.32 Å². The molecule has 2 fully saturated rings. The quantitative estimate of drug-likeness (QED) is 0.891. The maximum atomic E-state index is 12.4. The van der Waals surface area contributed by atoms with Gasteiger partial charge in [-0.05, 0) is 31.5 Å². The van der Waals surface area contributed by atoms with Crippen LogP contribution in [0.15, 0.2) is 30.3 Å². The maximum absolute atomic E-state index is 12.4. The number of amides is 2. The number of benzene rings is 1. The smallest absolute Gasteiger partial charge is 0.234 e. The van der Waals surface area contributed by atoms with Gasteiger partial charge in [-0.15, -0.1) is 0 Å². The molecule has 2 saturated heterocycles. The minimum atomic E-state index is -0.0570. The monoisotopic (exact) mass is 343 g/mol. The van der Waals surface area contributed by atoms with Crippen molar-refractivity contribution in [1.82, 2.24) is 15.1 Å². The third-order valence-electron chi connectivity index (χ3n) is 5.11. The van der Waals surface area contributed by atoms with Crippen molar-refractivity contribution in [1.29, 1.82) is 0 Å². The van der Waals surface area contributed by atoms with Crippen molar-refractivity contribution >= 4 is 11.8 Å². The molecule has 0 aromatic heterocycles. The summed E-state index contributed by atoms with van der Waals surface area (Å²) in [5.41, 5.74) is 1.13.